The molecule has 0 aliphatic rings. The number of carbonyl (C=O) groups excluding carboxylic acids is 1. The average Bonchev–Trinajstić information content (AvgIpc) is 2.65. The molecule has 6 nitrogen and oxygen atoms in total. The summed E-state index contributed by atoms with van der Waals surface area (Å²) in [4.78, 5) is 24.3. The maximum Gasteiger partial charge on any atom is 0.243 e. The minimum Gasteiger partial charge on any atom is -0.355 e. The van der Waals surface area contributed by atoms with Crippen molar-refractivity contribution in [1.82, 2.24) is 15.3 Å². The zero-order chi connectivity index (χ0) is 20.7. The predicted molar refractivity (Wildman–Crippen MR) is 113 cm³/mol. The van der Waals surface area contributed by atoms with E-state index < -0.39 is 5.92 Å². The van der Waals surface area contributed by atoms with Gasteiger partial charge in [-0.25, -0.2) is 9.97 Å². The molecule has 6 heteroatoms. The van der Waals surface area contributed by atoms with E-state index in [1.165, 1.54) is 0 Å². The summed E-state index contributed by atoms with van der Waals surface area (Å²) in [7, 11) is 0. The molecule has 0 saturated heterocycles. The summed E-state index contributed by atoms with van der Waals surface area (Å²) in [6.07, 6.45) is 1.59. The van der Waals surface area contributed by atoms with Crippen molar-refractivity contribution in [1.29, 1.82) is 5.26 Å². The number of anilines is 1. The molecule has 1 aromatic heterocycles. The SMILES string of the molecule is C=CCNC(=O)C(C#N)c1nc2ccccc2nc1N(CC(C)C)CC(C)C. The maximum absolute atomic E-state index is 12.6. The Morgan fingerprint density at radius 3 is 2.25 bits per heavy atom. The van der Waals surface area contributed by atoms with E-state index in [4.69, 9.17) is 9.97 Å². The summed E-state index contributed by atoms with van der Waals surface area (Å²) in [6, 6.07) is 9.65. The molecule has 0 fully saturated rings. The normalized spacial score (nSPS) is 12.0. The first kappa shape index (κ1) is 21.4. The quantitative estimate of drug-likeness (QED) is 0.673. The molecule has 1 heterocycles. The largest absolute Gasteiger partial charge is 0.355 e. The molecule has 28 heavy (non-hydrogen) atoms. The maximum atomic E-state index is 12.6. The smallest absolute Gasteiger partial charge is 0.243 e. The van der Waals surface area contributed by atoms with Gasteiger partial charge in [0.2, 0.25) is 5.91 Å². The fourth-order valence-electron chi connectivity index (χ4n) is 3.08. The number of hydrogen-bond donors (Lipinski definition) is 1. The summed E-state index contributed by atoms with van der Waals surface area (Å²) in [5.74, 6) is -0.0115. The highest BCUT2D eigenvalue weighted by atomic mass is 16.1. The standard InChI is InChI=1S/C22H29N5O/c1-6-11-24-22(28)17(12-23)20-21(27(13-15(2)3)14-16(4)5)26-19-10-8-7-9-18(19)25-20/h6-10,15-17H,1,11,13-14H2,2-5H3,(H,24,28). The highest BCUT2D eigenvalue weighted by molar-refractivity contribution is 5.89. The second-order valence-corrected chi connectivity index (χ2v) is 7.71. The number of para-hydroxylation sites is 2. The summed E-state index contributed by atoms with van der Waals surface area (Å²) >= 11 is 0. The number of benzene rings is 1. The lowest BCUT2D eigenvalue weighted by molar-refractivity contribution is -0.121. The van der Waals surface area contributed by atoms with Crippen LogP contribution in [0.1, 0.15) is 39.3 Å². The van der Waals surface area contributed by atoms with Gasteiger partial charge in [0.1, 0.15) is 5.69 Å². The van der Waals surface area contributed by atoms with Gasteiger partial charge in [-0.15, -0.1) is 6.58 Å². The number of nitriles is 1. The fraction of sp³-hybridized carbons (Fsp3) is 0.455. The molecule has 2 aromatic rings. The Balaban J connectivity index is 2.63. The molecule has 1 N–H and O–H groups in total. The number of nitrogens with one attached hydrogen (secondary N) is 1. The second-order valence-electron chi connectivity index (χ2n) is 7.71. The minimum absolute atomic E-state index is 0.301. The van der Waals surface area contributed by atoms with Crippen molar-refractivity contribution < 1.29 is 4.79 Å². The Morgan fingerprint density at radius 2 is 1.75 bits per heavy atom. The molecule has 0 bridgehead atoms. The van der Waals surface area contributed by atoms with Crippen LogP contribution in [0.25, 0.3) is 11.0 Å². The van der Waals surface area contributed by atoms with Gasteiger partial charge in [0.25, 0.3) is 0 Å². The van der Waals surface area contributed by atoms with E-state index in [1.807, 2.05) is 24.3 Å². The van der Waals surface area contributed by atoms with Crippen molar-refractivity contribution in [3.8, 4) is 6.07 Å². The summed E-state index contributed by atoms with van der Waals surface area (Å²) < 4.78 is 0. The first-order valence-corrected chi connectivity index (χ1v) is 9.67. The number of fused-ring (bicyclic) bond motifs is 1. The topological polar surface area (TPSA) is 81.9 Å². The van der Waals surface area contributed by atoms with Gasteiger partial charge in [-0.2, -0.15) is 5.26 Å². The lowest BCUT2D eigenvalue weighted by Gasteiger charge is -2.29. The van der Waals surface area contributed by atoms with E-state index in [9.17, 15) is 10.1 Å². The van der Waals surface area contributed by atoms with E-state index in [0.717, 1.165) is 18.6 Å². The van der Waals surface area contributed by atoms with Crippen LogP contribution in [-0.2, 0) is 4.79 Å². The molecule has 0 aliphatic heterocycles. The molecule has 148 valence electrons. The number of aromatic nitrogens is 2. The third kappa shape index (κ3) is 5.29. The van der Waals surface area contributed by atoms with Gasteiger partial charge >= 0.3 is 0 Å². The van der Waals surface area contributed by atoms with Crippen LogP contribution in [0.2, 0.25) is 0 Å². The van der Waals surface area contributed by atoms with E-state index in [2.05, 4.69) is 50.6 Å². The van der Waals surface area contributed by atoms with E-state index in [1.54, 1.807) is 6.08 Å². The zero-order valence-electron chi connectivity index (χ0n) is 17.1. The monoisotopic (exact) mass is 379 g/mol. The van der Waals surface area contributed by atoms with Crippen molar-refractivity contribution in [3.05, 3.63) is 42.6 Å². The van der Waals surface area contributed by atoms with Crippen molar-refractivity contribution >= 4 is 22.8 Å². The average molecular weight is 380 g/mol. The van der Waals surface area contributed by atoms with Gasteiger partial charge in [0.05, 0.1) is 17.1 Å². The fourth-order valence-corrected chi connectivity index (χ4v) is 3.08. The number of hydrogen-bond acceptors (Lipinski definition) is 5. The van der Waals surface area contributed by atoms with Crippen LogP contribution in [0.15, 0.2) is 36.9 Å². The third-order valence-corrected chi connectivity index (χ3v) is 4.13. The Labute approximate surface area is 167 Å². The zero-order valence-corrected chi connectivity index (χ0v) is 17.1. The van der Waals surface area contributed by atoms with Crippen LogP contribution in [0.3, 0.4) is 0 Å². The first-order chi connectivity index (χ1) is 13.4. The molecule has 0 spiro atoms. The van der Waals surface area contributed by atoms with Crippen LogP contribution >= 0.6 is 0 Å². The van der Waals surface area contributed by atoms with Crippen LogP contribution in [0.4, 0.5) is 5.82 Å². The molecule has 2 rings (SSSR count). The minimum atomic E-state index is -1.03. The second kappa shape index (κ2) is 9.84. The van der Waals surface area contributed by atoms with Gasteiger partial charge in [-0.1, -0.05) is 45.9 Å². The summed E-state index contributed by atoms with van der Waals surface area (Å²) in [5.41, 5.74) is 1.83. The van der Waals surface area contributed by atoms with Crippen LogP contribution in [-0.4, -0.2) is 35.5 Å². The Kier molecular flexibility index (Phi) is 7.51. The predicted octanol–water partition coefficient (Wildman–Crippen LogP) is 3.66. The third-order valence-electron chi connectivity index (χ3n) is 4.13. The van der Waals surface area contributed by atoms with Gasteiger partial charge < -0.3 is 10.2 Å². The molecule has 1 amide bonds. The Morgan fingerprint density at radius 1 is 1.18 bits per heavy atom. The highest BCUT2D eigenvalue weighted by Gasteiger charge is 2.29. The van der Waals surface area contributed by atoms with Gasteiger partial charge in [-0.3, -0.25) is 4.79 Å². The van der Waals surface area contributed by atoms with Gasteiger partial charge in [0.15, 0.2) is 11.7 Å². The molecule has 0 aliphatic carbocycles. The van der Waals surface area contributed by atoms with Gasteiger partial charge in [0, 0.05) is 19.6 Å². The molecular weight excluding hydrogens is 350 g/mol. The highest BCUT2D eigenvalue weighted by Crippen LogP contribution is 2.28. The number of nitrogens with zero attached hydrogens (tertiary/aromatic N) is 4. The molecule has 1 atom stereocenters. The first-order valence-electron chi connectivity index (χ1n) is 9.67. The van der Waals surface area contributed by atoms with Gasteiger partial charge in [-0.05, 0) is 24.0 Å². The molecule has 1 aromatic carbocycles. The molecule has 1 unspecified atom stereocenters. The van der Waals surface area contributed by atoms with Crippen LogP contribution in [0.5, 0.6) is 0 Å². The number of amides is 1. The van der Waals surface area contributed by atoms with E-state index >= 15 is 0 Å². The van der Waals surface area contributed by atoms with Crippen molar-refractivity contribution in [2.75, 3.05) is 24.5 Å². The molecule has 0 saturated carbocycles. The number of rotatable bonds is 9. The number of carbonyl (C=O) groups is 1. The lowest BCUT2D eigenvalue weighted by Crippen LogP contribution is -2.35. The Hall–Kier alpha value is -2.94. The summed E-state index contributed by atoms with van der Waals surface area (Å²) in [5, 5.41) is 12.5. The van der Waals surface area contributed by atoms with E-state index in [-0.39, 0.29) is 5.91 Å². The lowest BCUT2D eigenvalue weighted by atomic mass is 10.0. The van der Waals surface area contributed by atoms with Crippen molar-refractivity contribution in [3.63, 3.8) is 0 Å². The van der Waals surface area contributed by atoms with Crippen molar-refractivity contribution in [2.24, 2.45) is 11.8 Å². The van der Waals surface area contributed by atoms with Crippen LogP contribution < -0.4 is 10.2 Å². The molecule has 0 radical (unpaired) electrons. The molecular formula is C22H29N5O. The van der Waals surface area contributed by atoms with E-state index in [0.29, 0.717) is 35.4 Å². The van der Waals surface area contributed by atoms with Crippen LogP contribution in [0, 0.1) is 23.2 Å². The van der Waals surface area contributed by atoms with Crippen molar-refractivity contribution in [2.45, 2.75) is 33.6 Å². The Bertz CT molecular complexity index is 859. The summed E-state index contributed by atoms with van der Waals surface area (Å²) in [6.45, 7) is 14.0.